The van der Waals surface area contributed by atoms with Crippen molar-refractivity contribution in [2.45, 2.75) is 37.4 Å². The Morgan fingerprint density at radius 2 is 2.15 bits per heavy atom. The zero-order chi connectivity index (χ0) is 14.4. The molecule has 0 amide bonds. The normalized spacial score (nSPS) is 22.3. The monoisotopic (exact) mass is 294 g/mol. The quantitative estimate of drug-likeness (QED) is 0.775. The van der Waals surface area contributed by atoms with E-state index in [1.807, 2.05) is 36.9 Å². The van der Waals surface area contributed by atoms with Crippen molar-refractivity contribution in [2.24, 2.45) is 0 Å². The first-order chi connectivity index (χ1) is 9.72. The molecule has 3 nitrogen and oxygen atoms in total. The van der Waals surface area contributed by atoms with Crippen LogP contribution in [0.3, 0.4) is 0 Å². The summed E-state index contributed by atoms with van der Waals surface area (Å²) >= 11 is 1.87. The van der Waals surface area contributed by atoms with Crippen molar-refractivity contribution in [3.63, 3.8) is 0 Å². The molecule has 0 radical (unpaired) electrons. The molecule has 1 aromatic carbocycles. The highest BCUT2D eigenvalue weighted by Gasteiger charge is 2.39. The predicted molar refractivity (Wildman–Crippen MR) is 82.2 cm³/mol. The topological polar surface area (TPSA) is 35.5 Å². The SMILES string of the molecule is CCOC(=O)CC1(c2ccccc2OC)CCCCS1. The van der Waals surface area contributed by atoms with E-state index in [9.17, 15) is 4.79 Å². The maximum absolute atomic E-state index is 12.0. The maximum atomic E-state index is 12.0. The Balaban J connectivity index is 2.33. The zero-order valence-corrected chi connectivity index (χ0v) is 13.0. The molecule has 0 spiro atoms. The fourth-order valence-corrected chi connectivity index (χ4v) is 4.34. The number of hydrogen-bond donors (Lipinski definition) is 0. The van der Waals surface area contributed by atoms with Crippen LogP contribution < -0.4 is 4.74 Å². The average molecular weight is 294 g/mol. The van der Waals surface area contributed by atoms with E-state index in [1.165, 1.54) is 6.42 Å². The Morgan fingerprint density at radius 3 is 2.80 bits per heavy atom. The second-order valence-corrected chi connectivity index (χ2v) is 6.46. The van der Waals surface area contributed by atoms with E-state index in [4.69, 9.17) is 9.47 Å². The first kappa shape index (κ1) is 15.2. The van der Waals surface area contributed by atoms with Crippen molar-refractivity contribution in [3.05, 3.63) is 29.8 Å². The van der Waals surface area contributed by atoms with Gasteiger partial charge in [0.1, 0.15) is 5.75 Å². The Hall–Kier alpha value is -1.16. The van der Waals surface area contributed by atoms with E-state index >= 15 is 0 Å². The van der Waals surface area contributed by atoms with Crippen molar-refractivity contribution < 1.29 is 14.3 Å². The number of esters is 1. The summed E-state index contributed by atoms with van der Waals surface area (Å²) < 4.78 is 10.5. The van der Waals surface area contributed by atoms with Crippen LogP contribution in [0.4, 0.5) is 0 Å². The number of ether oxygens (including phenoxy) is 2. The number of rotatable bonds is 5. The highest BCUT2D eigenvalue weighted by atomic mass is 32.2. The molecule has 0 saturated carbocycles. The van der Waals surface area contributed by atoms with Gasteiger partial charge in [0, 0.05) is 5.56 Å². The van der Waals surface area contributed by atoms with E-state index in [0.29, 0.717) is 13.0 Å². The average Bonchev–Trinajstić information content (AvgIpc) is 2.48. The van der Waals surface area contributed by atoms with Crippen LogP contribution >= 0.6 is 11.8 Å². The van der Waals surface area contributed by atoms with E-state index < -0.39 is 0 Å². The number of para-hydroxylation sites is 1. The van der Waals surface area contributed by atoms with E-state index in [-0.39, 0.29) is 10.7 Å². The van der Waals surface area contributed by atoms with Crippen LogP contribution in [0, 0.1) is 0 Å². The van der Waals surface area contributed by atoms with Gasteiger partial charge < -0.3 is 9.47 Å². The molecule has 1 unspecified atom stereocenters. The molecule has 1 aromatic rings. The molecule has 110 valence electrons. The Morgan fingerprint density at radius 1 is 1.35 bits per heavy atom. The molecule has 1 fully saturated rings. The second kappa shape index (κ2) is 7.02. The fraction of sp³-hybridized carbons (Fsp3) is 0.562. The van der Waals surface area contributed by atoms with Crippen molar-refractivity contribution in [3.8, 4) is 5.75 Å². The van der Waals surface area contributed by atoms with Crippen LogP contribution in [0.15, 0.2) is 24.3 Å². The van der Waals surface area contributed by atoms with Crippen LogP contribution in [0.5, 0.6) is 5.75 Å². The summed E-state index contributed by atoms with van der Waals surface area (Å²) in [7, 11) is 1.68. The lowest BCUT2D eigenvalue weighted by molar-refractivity contribution is -0.143. The lowest BCUT2D eigenvalue weighted by atomic mass is 9.88. The van der Waals surface area contributed by atoms with Crippen molar-refractivity contribution in [2.75, 3.05) is 19.5 Å². The Labute approximate surface area is 125 Å². The number of methoxy groups -OCH3 is 1. The predicted octanol–water partition coefficient (Wildman–Crippen LogP) is 3.76. The fourth-order valence-electron chi connectivity index (χ4n) is 2.77. The van der Waals surface area contributed by atoms with Gasteiger partial charge in [-0.2, -0.15) is 0 Å². The molecule has 0 aromatic heterocycles. The summed E-state index contributed by atoms with van der Waals surface area (Å²) in [4.78, 5) is 12.0. The standard InChI is InChI=1S/C16H22O3S/c1-3-19-15(17)12-16(10-6-7-11-20-16)13-8-4-5-9-14(13)18-2/h4-5,8-9H,3,6-7,10-12H2,1-2H3. The molecular formula is C16H22O3S. The van der Waals surface area contributed by atoms with E-state index in [1.54, 1.807) is 7.11 Å². The van der Waals surface area contributed by atoms with Gasteiger partial charge in [-0.25, -0.2) is 0 Å². The number of hydrogen-bond acceptors (Lipinski definition) is 4. The minimum Gasteiger partial charge on any atom is -0.496 e. The highest BCUT2D eigenvalue weighted by molar-refractivity contribution is 8.00. The Kier molecular flexibility index (Phi) is 5.35. The van der Waals surface area contributed by atoms with Crippen LogP contribution in [-0.4, -0.2) is 25.4 Å². The van der Waals surface area contributed by atoms with Crippen LogP contribution in [-0.2, 0) is 14.3 Å². The molecule has 1 atom stereocenters. The number of thioether (sulfide) groups is 1. The van der Waals surface area contributed by atoms with Crippen molar-refractivity contribution >= 4 is 17.7 Å². The van der Waals surface area contributed by atoms with Gasteiger partial charge in [-0.1, -0.05) is 24.6 Å². The van der Waals surface area contributed by atoms with Gasteiger partial charge >= 0.3 is 5.97 Å². The van der Waals surface area contributed by atoms with E-state index in [2.05, 4.69) is 6.07 Å². The summed E-state index contributed by atoms with van der Waals surface area (Å²) in [6.07, 6.45) is 3.78. The smallest absolute Gasteiger partial charge is 0.307 e. The van der Waals surface area contributed by atoms with Gasteiger partial charge in [0.05, 0.1) is 24.9 Å². The van der Waals surface area contributed by atoms with Gasteiger partial charge in [-0.05, 0) is 31.6 Å². The number of carbonyl (C=O) groups is 1. The van der Waals surface area contributed by atoms with Crippen LogP contribution in [0.1, 0.15) is 38.2 Å². The second-order valence-electron chi connectivity index (χ2n) is 4.98. The largest absolute Gasteiger partial charge is 0.496 e. The van der Waals surface area contributed by atoms with Gasteiger partial charge in [0.15, 0.2) is 0 Å². The molecule has 2 rings (SSSR count). The van der Waals surface area contributed by atoms with Crippen molar-refractivity contribution in [1.82, 2.24) is 0 Å². The maximum Gasteiger partial charge on any atom is 0.307 e. The van der Waals surface area contributed by atoms with Crippen LogP contribution in [0.25, 0.3) is 0 Å². The zero-order valence-electron chi connectivity index (χ0n) is 12.2. The van der Waals surface area contributed by atoms with E-state index in [0.717, 1.165) is 29.9 Å². The molecule has 1 heterocycles. The Bertz CT molecular complexity index is 453. The molecule has 1 aliphatic heterocycles. The molecule has 0 bridgehead atoms. The van der Waals surface area contributed by atoms with Gasteiger partial charge in [-0.3, -0.25) is 4.79 Å². The minimum absolute atomic E-state index is 0.118. The summed E-state index contributed by atoms with van der Waals surface area (Å²) in [5.74, 6) is 1.83. The van der Waals surface area contributed by atoms with Gasteiger partial charge in [0.25, 0.3) is 0 Å². The van der Waals surface area contributed by atoms with Crippen molar-refractivity contribution in [1.29, 1.82) is 0 Å². The van der Waals surface area contributed by atoms with Gasteiger partial charge in [0.2, 0.25) is 0 Å². The first-order valence-corrected chi connectivity index (χ1v) is 8.13. The molecule has 20 heavy (non-hydrogen) atoms. The first-order valence-electron chi connectivity index (χ1n) is 7.15. The highest BCUT2D eigenvalue weighted by Crippen LogP contribution is 2.50. The lowest BCUT2D eigenvalue weighted by Crippen LogP contribution is -2.30. The summed E-state index contributed by atoms with van der Waals surface area (Å²) in [6.45, 7) is 2.28. The third-order valence-corrected chi connectivity index (χ3v) is 5.30. The lowest BCUT2D eigenvalue weighted by Gasteiger charge is -2.37. The van der Waals surface area contributed by atoms with Gasteiger partial charge in [-0.15, -0.1) is 11.8 Å². The molecule has 0 N–H and O–H groups in total. The minimum atomic E-state index is -0.197. The molecule has 1 aliphatic rings. The molecule has 4 heteroatoms. The summed E-state index contributed by atoms with van der Waals surface area (Å²) in [5, 5.41) is 0. The molecule has 1 saturated heterocycles. The third kappa shape index (κ3) is 3.29. The number of carbonyl (C=O) groups excluding carboxylic acids is 1. The summed E-state index contributed by atoms with van der Waals surface area (Å²) in [6, 6.07) is 8.03. The number of benzene rings is 1. The molecular weight excluding hydrogens is 272 g/mol. The molecule has 0 aliphatic carbocycles. The van der Waals surface area contributed by atoms with Crippen LogP contribution in [0.2, 0.25) is 0 Å². The third-order valence-electron chi connectivity index (χ3n) is 3.69. The summed E-state index contributed by atoms with van der Waals surface area (Å²) in [5.41, 5.74) is 1.13.